The summed E-state index contributed by atoms with van der Waals surface area (Å²) >= 11 is 0. The van der Waals surface area contributed by atoms with Crippen LogP contribution >= 0.6 is 0 Å². The maximum Gasteiger partial charge on any atom is 0.161 e. The summed E-state index contributed by atoms with van der Waals surface area (Å²) in [7, 11) is 2.00. The summed E-state index contributed by atoms with van der Waals surface area (Å²) in [5, 5.41) is 3.25. The predicted molar refractivity (Wildman–Crippen MR) is 73.6 cm³/mol. The van der Waals surface area contributed by atoms with Crippen molar-refractivity contribution in [3.05, 3.63) is 23.3 Å². The lowest BCUT2D eigenvalue weighted by atomic mass is 9.84. The summed E-state index contributed by atoms with van der Waals surface area (Å²) in [5.74, 6) is 1.77. The monoisotopic (exact) mass is 249 g/mol. The summed E-state index contributed by atoms with van der Waals surface area (Å²) in [4.78, 5) is 0. The standard InChI is InChI=1S/C15H23NO2/c1-11-7-13-14(18-6-5-17-13)8-12(11)9-15(2,3)10-16-4/h7-8,16H,5-6,9-10H2,1-4H3. The Morgan fingerprint density at radius 2 is 1.78 bits per heavy atom. The van der Waals surface area contributed by atoms with E-state index in [-0.39, 0.29) is 5.41 Å². The molecule has 1 aliphatic heterocycles. The maximum absolute atomic E-state index is 5.65. The van der Waals surface area contributed by atoms with Crippen LogP contribution in [0, 0.1) is 12.3 Å². The second-order valence-electron chi connectivity index (χ2n) is 5.79. The van der Waals surface area contributed by atoms with Crippen molar-refractivity contribution in [1.29, 1.82) is 0 Å². The van der Waals surface area contributed by atoms with Gasteiger partial charge in [-0.15, -0.1) is 0 Å². The minimum atomic E-state index is 0.239. The Hall–Kier alpha value is -1.22. The number of benzene rings is 1. The van der Waals surface area contributed by atoms with E-state index in [2.05, 4.69) is 38.2 Å². The third kappa shape index (κ3) is 2.96. The maximum atomic E-state index is 5.65. The number of hydrogen-bond acceptors (Lipinski definition) is 3. The Balaban J connectivity index is 2.23. The molecule has 2 rings (SSSR count). The number of aryl methyl sites for hydroxylation is 1. The largest absolute Gasteiger partial charge is 0.486 e. The SMILES string of the molecule is CNCC(C)(C)Cc1cc2c(cc1C)OCCO2. The van der Waals surface area contributed by atoms with E-state index in [0.717, 1.165) is 24.5 Å². The Labute approximate surface area is 109 Å². The van der Waals surface area contributed by atoms with Gasteiger partial charge in [-0.2, -0.15) is 0 Å². The average molecular weight is 249 g/mol. The highest BCUT2D eigenvalue weighted by Gasteiger charge is 2.21. The van der Waals surface area contributed by atoms with E-state index in [4.69, 9.17) is 9.47 Å². The molecule has 0 bridgehead atoms. The zero-order valence-corrected chi connectivity index (χ0v) is 11.8. The van der Waals surface area contributed by atoms with Crippen LogP contribution in [0.25, 0.3) is 0 Å². The normalized spacial score (nSPS) is 14.7. The number of nitrogens with one attached hydrogen (secondary N) is 1. The zero-order chi connectivity index (χ0) is 13.2. The Morgan fingerprint density at radius 3 is 2.39 bits per heavy atom. The quantitative estimate of drug-likeness (QED) is 0.889. The molecule has 0 atom stereocenters. The first-order valence-electron chi connectivity index (χ1n) is 6.55. The first-order valence-corrected chi connectivity index (χ1v) is 6.55. The predicted octanol–water partition coefficient (Wildman–Crippen LogP) is 2.55. The van der Waals surface area contributed by atoms with Crippen molar-refractivity contribution in [2.45, 2.75) is 27.2 Å². The first kappa shape index (κ1) is 13.2. The van der Waals surface area contributed by atoms with Gasteiger partial charge in [0.1, 0.15) is 13.2 Å². The second kappa shape index (κ2) is 5.19. The molecule has 1 aromatic carbocycles. The van der Waals surface area contributed by atoms with Gasteiger partial charge >= 0.3 is 0 Å². The third-order valence-corrected chi connectivity index (χ3v) is 3.33. The fourth-order valence-corrected chi connectivity index (χ4v) is 2.48. The summed E-state index contributed by atoms with van der Waals surface area (Å²) < 4.78 is 11.3. The smallest absolute Gasteiger partial charge is 0.161 e. The topological polar surface area (TPSA) is 30.5 Å². The molecule has 0 unspecified atom stereocenters. The molecule has 3 heteroatoms. The van der Waals surface area contributed by atoms with Crippen molar-refractivity contribution in [2.24, 2.45) is 5.41 Å². The van der Waals surface area contributed by atoms with Gasteiger partial charge in [0.05, 0.1) is 0 Å². The van der Waals surface area contributed by atoms with Gasteiger partial charge < -0.3 is 14.8 Å². The Bertz CT molecular complexity index is 427. The van der Waals surface area contributed by atoms with Crippen molar-refractivity contribution in [3.63, 3.8) is 0 Å². The van der Waals surface area contributed by atoms with Crippen LogP contribution in [0.3, 0.4) is 0 Å². The summed E-state index contributed by atoms with van der Waals surface area (Å²) in [6.07, 6.45) is 1.04. The molecule has 0 radical (unpaired) electrons. The molecule has 0 aliphatic carbocycles. The van der Waals surface area contributed by atoms with Gasteiger partial charge in [0, 0.05) is 6.54 Å². The molecule has 0 amide bonds. The number of hydrogen-bond donors (Lipinski definition) is 1. The van der Waals surface area contributed by atoms with Gasteiger partial charge in [-0.25, -0.2) is 0 Å². The summed E-state index contributed by atoms with van der Waals surface area (Å²) in [6, 6.07) is 4.24. The zero-order valence-electron chi connectivity index (χ0n) is 11.8. The van der Waals surface area contributed by atoms with Crippen LogP contribution in [0.5, 0.6) is 11.5 Å². The highest BCUT2D eigenvalue weighted by Crippen LogP contribution is 2.35. The molecule has 0 fully saturated rings. The fraction of sp³-hybridized carbons (Fsp3) is 0.600. The molecule has 0 saturated carbocycles. The molecule has 1 aromatic rings. The van der Waals surface area contributed by atoms with Gasteiger partial charge in [0.15, 0.2) is 11.5 Å². The van der Waals surface area contributed by atoms with E-state index in [1.165, 1.54) is 11.1 Å². The van der Waals surface area contributed by atoms with Crippen molar-refractivity contribution in [2.75, 3.05) is 26.8 Å². The molecule has 0 saturated heterocycles. The summed E-state index contributed by atoms with van der Waals surface area (Å²) in [5.41, 5.74) is 2.87. The molecule has 18 heavy (non-hydrogen) atoms. The lowest BCUT2D eigenvalue weighted by molar-refractivity contribution is 0.171. The number of fused-ring (bicyclic) bond motifs is 1. The van der Waals surface area contributed by atoms with E-state index < -0.39 is 0 Å². The minimum absolute atomic E-state index is 0.239. The first-order chi connectivity index (χ1) is 8.52. The molecule has 3 nitrogen and oxygen atoms in total. The van der Waals surface area contributed by atoms with Crippen molar-refractivity contribution < 1.29 is 9.47 Å². The van der Waals surface area contributed by atoms with E-state index in [1.807, 2.05) is 7.05 Å². The lowest BCUT2D eigenvalue weighted by Gasteiger charge is -2.27. The highest BCUT2D eigenvalue weighted by molar-refractivity contribution is 5.48. The van der Waals surface area contributed by atoms with Crippen LogP contribution in [0.2, 0.25) is 0 Å². The van der Waals surface area contributed by atoms with E-state index in [9.17, 15) is 0 Å². The van der Waals surface area contributed by atoms with Crippen LogP contribution in [-0.4, -0.2) is 26.8 Å². The lowest BCUT2D eigenvalue weighted by Crippen LogP contribution is -2.29. The molecule has 1 N–H and O–H groups in total. The van der Waals surface area contributed by atoms with Gasteiger partial charge in [-0.3, -0.25) is 0 Å². The Morgan fingerprint density at radius 1 is 1.17 bits per heavy atom. The van der Waals surface area contributed by atoms with Crippen molar-refractivity contribution >= 4 is 0 Å². The molecular weight excluding hydrogens is 226 g/mol. The highest BCUT2D eigenvalue weighted by atomic mass is 16.6. The fourth-order valence-electron chi connectivity index (χ4n) is 2.48. The second-order valence-corrected chi connectivity index (χ2v) is 5.79. The average Bonchev–Trinajstić information content (AvgIpc) is 2.29. The minimum Gasteiger partial charge on any atom is -0.486 e. The molecule has 1 aliphatic rings. The molecule has 100 valence electrons. The van der Waals surface area contributed by atoms with Gasteiger partial charge in [0.2, 0.25) is 0 Å². The van der Waals surface area contributed by atoms with Crippen LogP contribution in [-0.2, 0) is 6.42 Å². The van der Waals surface area contributed by atoms with Gasteiger partial charge in [-0.05, 0) is 49.1 Å². The van der Waals surface area contributed by atoms with Crippen LogP contribution in [0.1, 0.15) is 25.0 Å². The van der Waals surface area contributed by atoms with E-state index in [0.29, 0.717) is 13.2 Å². The summed E-state index contributed by atoms with van der Waals surface area (Å²) in [6.45, 7) is 9.00. The number of rotatable bonds is 4. The van der Waals surface area contributed by atoms with E-state index in [1.54, 1.807) is 0 Å². The molecular formula is C15H23NO2. The third-order valence-electron chi connectivity index (χ3n) is 3.33. The molecule has 0 spiro atoms. The molecule has 1 heterocycles. The van der Waals surface area contributed by atoms with Crippen molar-refractivity contribution in [3.8, 4) is 11.5 Å². The van der Waals surface area contributed by atoms with Gasteiger partial charge in [-0.1, -0.05) is 13.8 Å². The molecule has 0 aromatic heterocycles. The van der Waals surface area contributed by atoms with Gasteiger partial charge in [0.25, 0.3) is 0 Å². The van der Waals surface area contributed by atoms with Crippen LogP contribution in [0.4, 0.5) is 0 Å². The van der Waals surface area contributed by atoms with Crippen LogP contribution in [0.15, 0.2) is 12.1 Å². The van der Waals surface area contributed by atoms with E-state index >= 15 is 0 Å². The Kier molecular flexibility index (Phi) is 3.81. The van der Waals surface area contributed by atoms with Crippen molar-refractivity contribution in [1.82, 2.24) is 5.32 Å². The number of ether oxygens (including phenoxy) is 2. The van der Waals surface area contributed by atoms with Crippen LogP contribution < -0.4 is 14.8 Å².